The lowest BCUT2D eigenvalue weighted by molar-refractivity contribution is 0.134. The van der Waals surface area contributed by atoms with Crippen molar-refractivity contribution in [2.24, 2.45) is 11.7 Å². The molecule has 0 bridgehead atoms. The van der Waals surface area contributed by atoms with Crippen LogP contribution in [-0.2, 0) is 0 Å². The average molecular weight is 282 g/mol. The minimum atomic E-state index is 0.355. The molecular weight excluding hydrogens is 256 g/mol. The number of hydrogen-bond donors (Lipinski definition) is 1. The topological polar surface area (TPSA) is 29.3 Å². The quantitative estimate of drug-likeness (QED) is 0.919. The molecular formula is C19H26N2. The van der Waals surface area contributed by atoms with Gasteiger partial charge in [-0.25, -0.2) is 0 Å². The van der Waals surface area contributed by atoms with Gasteiger partial charge >= 0.3 is 0 Å². The molecule has 0 amide bonds. The van der Waals surface area contributed by atoms with E-state index < -0.39 is 0 Å². The van der Waals surface area contributed by atoms with Crippen LogP contribution in [-0.4, -0.2) is 24.5 Å². The van der Waals surface area contributed by atoms with Crippen molar-refractivity contribution >= 4 is 10.8 Å². The summed E-state index contributed by atoms with van der Waals surface area (Å²) in [5, 5.41) is 2.67. The molecule has 2 nitrogen and oxygen atoms in total. The minimum absolute atomic E-state index is 0.355. The monoisotopic (exact) mass is 282 g/mol. The van der Waals surface area contributed by atoms with Gasteiger partial charge in [-0.1, -0.05) is 55.8 Å². The molecule has 1 aliphatic heterocycles. The summed E-state index contributed by atoms with van der Waals surface area (Å²) in [6.07, 6.45) is 3.95. The molecule has 112 valence electrons. The maximum Gasteiger partial charge on any atom is 0.0476 e. The van der Waals surface area contributed by atoms with E-state index in [0.717, 1.165) is 5.92 Å². The molecule has 1 fully saturated rings. The number of benzene rings is 2. The van der Waals surface area contributed by atoms with E-state index in [0.29, 0.717) is 12.6 Å². The van der Waals surface area contributed by atoms with Crippen LogP contribution in [0.5, 0.6) is 0 Å². The van der Waals surface area contributed by atoms with E-state index in [9.17, 15) is 0 Å². The first-order chi connectivity index (χ1) is 10.3. The van der Waals surface area contributed by atoms with Gasteiger partial charge in [-0.3, -0.25) is 4.90 Å². The largest absolute Gasteiger partial charge is 0.329 e. The Morgan fingerprint density at radius 2 is 1.81 bits per heavy atom. The van der Waals surface area contributed by atoms with E-state index in [1.54, 1.807) is 0 Å². The van der Waals surface area contributed by atoms with Crippen molar-refractivity contribution in [2.75, 3.05) is 19.6 Å². The molecule has 2 aromatic carbocycles. The number of piperidine rings is 1. The molecule has 2 N–H and O–H groups in total. The van der Waals surface area contributed by atoms with Crippen LogP contribution in [0.3, 0.4) is 0 Å². The number of likely N-dealkylation sites (tertiary alicyclic amines) is 1. The van der Waals surface area contributed by atoms with Gasteiger partial charge in [0.25, 0.3) is 0 Å². The average Bonchev–Trinajstić information content (AvgIpc) is 2.56. The third kappa shape index (κ3) is 2.97. The van der Waals surface area contributed by atoms with Gasteiger partial charge in [0.1, 0.15) is 0 Å². The molecule has 2 aromatic rings. The SMILES string of the molecule is CCC1CCN(C(CN)c2cccc3ccccc23)CC1. The van der Waals surface area contributed by atoms with Crippen LogP contribution in [0.15, 0.2) is 42.5 Å². The maximum atomic E-state index is 6.15. The van der Waals surface area contributed by atoms with Crippen LogP contribution in [0.4, 0.5) is 0 Å². The highest BCUT2D eigenvalue weighted by atomic mass is 15.2. The van der Waals surface area contributed by atoms with Gasteiger partial charge in [0.2, 0.25) is 0 Å². The molecule has 1 unspecified atom stereocenters. The zero-order valence-electron chi connectivity index (χ0n) is 13.0. The lowest BCUT2D eigenvalue weighted by atomic mass is 9.91. The van der Waals surface area contributed by atoms with E-state index in [1.165, 1.54) is 48.7 Å². The predicted molar refractivity (Wildman–Crippen MR) is 90.3 cm³/mol. The number of rotatable bonds is 4. The summed E-state index contributed by atoms with van der Waals surface area (Å²) in [5.74, 6) is 0.909. The molecule has 3 rings (SSSR count). The fourth-order valence-corrected chi connectivity index (χ4v) is 3.69. The van der Waals surface area contributed by atoms with Crippen molar-refractivity contribution in [3.8, 4) is 0 Å². The molecule has 0 radical (unpaired) electrons. The summed E-state index contributed by atoms with van der Waals surface area (Å²) in [5.41, 5.74) is 7.55. The summed E-state index contributed by atoms with van der Waals surface area (Å²) in [6.45, 7) is 5.38. The van der Waals surface area contributed by atoms with E-state index in [4.69, 9.17) is 5.73 Å². The zero-order chi connectivity index (χ0) is 14.7. The third-order valence-electron chi connectivity index (χ3n) is 5.07. The van der Waals surface area contributed by atoms with Crippen molar-refractivity contribution < 1.29 is 0 Å². The predicted octanol–water partition coefficient (Wildman–Crippen LogP) is 3.96. The van der Waals surface area contributed by atoms with Gasteiger partial charge in [0.15, 0.2) is 0 Å². The Kier molecular flexibility index (Phi) is 4.57. The molecule has 1 atom stereocenters. The number of nitrogens with zero attached hydrogens (tertiary/aromatic N) is 1. The second-order valence-corrected chi connectivity index (χ2v) is 6.21. The van der Waals surface area contributed by atoms with E-state index >= 15 is 0 Å². The summed E-state index contributed by atoms with van der Waals surface area (Å²) < 4.78 is 0. The lowest BCUT2D eigenvalue weighted by Crippen LogP contribution is -2.39. The van der Waals surface area contributed by atoms with Gasteiger partial charge in [-0.2, -0.15) is 0 Å². The summed E-state index contributed by atoms with van der Waals surface area (Å²) in [4.78, 5) is 2.59. The molecule has 21 heavy (non-hydrogen) atoms. The molecule has 1 aliphatic rings. The smallest absolute Gasteiger partial charge is 0.0476 e. The highest BCUT2D eigenvalue weighted by Gasteiger charge is 2.25. The van der Waals surface area contributed by atoms with E-state index in [-0.39, 0.29) is 0 Å². The van der Waals surface area contributed by atoms with Crippen LogP contribution in [0, 0.1) is 5.92 Å². The second kappa shape index (κ2) is 6.59. The molecule has 0 spiro atoms. The fourth-order valence-electron chi connectivity index (χ4n) is 3.69. The molecule has 0 aromatic heterocycles. The van der Waals surface area contributed by atoms with Crippen molar-refractivity contribution in [1.29, 1.82) is 0 Å². The highest BCUT2D eigenvalue weighted by molar-refractivity contribution is 5.86. The summed E-state index contributed by atoms with van der Waals surface area (Å²) in [7, 11) is 0. The molecule has 0 saturated carbocycles. The first-order valence-corrected chi connectivity index (χ1v) is 8.25. The van der Waals surface area contributed by atoms with Crippen LogP contribution < -0.4 is 5.73 Å². The summed E-state index contributed by atoms with van der Waals surface area (Å²) in [6, 6.07) is 15.6. The fraction of sp³-hybridized carbons (Fsp3) is 0.474. The Balaban J connectivity index is 1.88. The van der Waals surface area contributed by atoms with Gasteiger partial charge in [-0.05, 0) is 48.2 Å². The Morgan fingerprint density at radius 1 is 1.10 bits per heavy atom. The number of fused-ring (bicyclic) bond motifs is 1. The first kappa shape index (κ1) is 14.6. The Labute approximate surface area is 127 Å². The lowest BCUT2D eigenvalue weighted by Gasteiger charge is -2.37. The maximum absolute atomic E-state index is 6.15. The van der Waals surface area contributed by atoms with E-state index in [1.807, 2.05) is 0 Å². The van der Waals surface area contributed by atoms with E-state index in [2.05, 4.69) is 54.3 Å². The number of nitrogens with two attached hydrogens (primary N) is 1. The first-order valence-electron chi connectivity index (χ1n) is 8.25. The number of hydrogen-bond acceptors (Lipinski definition) is 2. The van der Waals surface area contributed by atoms with Gasteiger partial charge in [-0.15, -0.1) is 0 Å². The van der Waals surface area contributed by atoms with Crippen molar-refractivity contribution in [2.45, 2.75) is 32.2 Å². The van der Waals surface area contributed by atoms with Crippen LogP contribution >= 0.6 is 0 Å². The molecule has 0 aliphatic carbocycles. The molecule has 1 heterocycles. The molecule has 1 saturated heterocycles. The Morgan fingerprint density at radius 3 is 2.52 bits per heavy atom. The van der Waals surface area contributed by atoms with Gasteiger partial charge < -0.3 is 5.73 Å². The Hall–Kier alpha value is -1.38. The summed E-state index contributed by atoms with van der Waals surface area (Å²) >= 11 is 0. The van der Waals surface area contributed by atoms with Gasteiger partial charge in [0, 0.05) is 12.6 Å². The normalized spacial score (nSPS) is 19.0. The van der Waals surface area contributed by atoms with Crippen LogP contribution in [0.1, 0.15) is 37.8 Å². The molecule has 2 heteroatoms. The second-order valence-electron chi connectivity index (χ2n) is 6.21. The zero-order valence-corrected chi connectivity index (χ0v) is 13.0. The standard InChI is InChI=1S/C19H26N2/c1-2-15-10-12-21(13-11-15)19(14-20)18-9-5-7-16-6-3-4-8-17(16)18/h3-9,15,19H,2,10-14,20H2,1H3. The Bertz CT molecular complexity index is 580. The van der Waals surface area contributed by atoms with Crippen LogP contribution in [0.2, 0.25) is 0 Å². The van der Waals surface area contributed by atoms with Crippen molar-refractivity contribution in [3.05, 3.63) is 48.0 Å². The van der Waals surface area contributed by atoms with Crippen molar-refractivity contribution in [1.82, 2.24) is 4.90 Å². The highest BCUT2D eigenvalue weighted by Crippen LogP contribution is 2.31. The minimum Gasteiger partial charge on any atom is -0.329 e. The van der Waals surface area contributed by atoms with Crippen LogP contribution in [0.25, 0.3) is 10.8 Å². The van der Waals surface area contributed by atoms with Crippen molar-refractivity contribution in [3.63, 3.8) is 0 Å². The third-order valence-corrected chi connectivity index (χ3v) is 5.07. The van der Waals surface area contributed by atoms with Gasteiger partial charge in [0.05, 0.1) is 0 Å².